The summed E-state index contributed by atoms with van der Waals surface area (Å²) in [7, 11) is 0. The predicted octanol–water partition coefficient (Wildman–Crippen LogP) is 18.1. The number of aromatic amines is 2. The molecule has 0 aliphatic rings. The van der Waals surface area contributed by atoms with E-state index in [0.717, 1.165) is 133 Å². The van der Waals surface area contributed by atoms with Crippen LogP contribution in [0.2, 0.25) is 0 Å². The van der Waals surface area contributed by atoms with Gasteiger partial charge >= 0.3 is 0 Å². The van der Waals surface area contributed by atoms with Crippen LogP contribution >= 0.6 is 11.3 Å². The number of rotatable bonds is 6. The van der Waals surface area contributed by atoms with Crippen LogP contribution in [0.3, 0.4) is 0 Å². The minimum Gasteiger partial charge on any atom is -0.337 e. The van der Waals surface area contributed by atoms with Crippen molar-refractivity contribution in [1.82, 2.24) is 79.7 Å². The number of thiophene rings is 1. The Bertz CT molecular complexity index is 4780. The van der Waals surface area contributed by atoms with Crippen LogP contribution in [0.4, 0.5) is 0 Å². The smallest absolute Gasteiger partial charge is 0.148 e. The van der Waals surface area contributed by atoms with Crippen LogP contribution in [0.1, 0.15) is 44.5 Å². The van der Waals surface area contributed by atoms with Crippen molar-refractivity contribution < 1.29 is 39.6 Å². The molecule has 0 aliphatic heterocycles. The first-order valence-corrected chi connectivity index (χ1v) is 31.7. The summed E-state index contributed by atoms with van der Waals surface area (Å²) in [6.07, 6.45) is 21.7. The SMILES string of the molecule is Cc1ccnc(-c2cc(C)ccn2)c1.Cc1ccnc(-c2cc(C)ccn2)c1.Cc1ccnc(-c2cc(C)ccn2)c1.Cc1ccnc(-c2cc(C)ccn2)c1.[Os].[Os].c1cnc2c(c1)c1nc(-c3ccc(-c4nc5c6cccnc6c6ncccc6c5[nH]4)s3)[nH]c1c1cccnc12. The maximum absolute atomic E-state index is 5.03. The van der Waals surface area contributed by atoms with Gasteiger partial charge in [-0.05, 0) is 258 Å². The van der Waals surface area contributed by atoms with E-state index in [4.69, 9.17) is 9.97 Å². The van der Waals surface area contributed by atoms with E-state index in [2.05, 4.69) is 162 Å². The molecule has 15 aromatic heterocycles. The van der Waals surface area contributed by atoms with Crippen molar-refractivity contribution >= 4 is 77.0 Å². The van der Waals surface area contributed by atoms with Crippen LogP contribution in [-0.2, 0) is 39.6 Å². The van der Waals surface area contributed by atoms with E-state index in [-0.39, 0.29) is 39.6 Å². The van der Waals surface area contributed by atoms with Gasteiger partial charge in [0.1, 0.15) is 11.6 Å². The van der Waals surface area contributed by atoms with Crippen molar-refractivity contribution in [1.29, 1.82) is 0 Å². The maximum atomic E-state index is 5.03. The molecule has 17 aromatic rings. The van der Waals surface area contributed by atoms with Gasteiger partial charge in [0.2, 0.25) is 0 Å². The number of aryl methyl sites for hydroxylation is 8. The molecule has 2 aromatic carbocycles. The number of aromatic nitrogens is 16. The summed E-state index contributed by atoms with van der Waals surface area (Å²) < 4.78 is 0. The Morgan fingerprint density at radius 3 is 0.680 bits per heavy atom. The van der Waals surface area contributed by atoms with Gasteiger partial charge in [-0.25, -0.2) is 9.97 Å². The van der Waals surface area contributed by atoms with Crippen LogP contribution in [0.25, 0.3) is 133 Å². The summed E-state index contributed by atoms with van der Waals surface area (Å²) >= 11 is 1.64. The van der Waals surface area contributed by atoms with Gasteiger partial charge in [0.05, 0.1) is 99.4 Å². The third-order valence-corrected chi connectivity index (χ3v) is 16.7. The first-order chi connectivity index (χ1) is 46.3. The predicted molar refractivity (Wildman–Crippen MR) is 383 cm³/mol. The molecule has 2 N–H and O–H groups in total. The second-order valence-electron chi connectivity index (χ2n) is 23.1. The molecule has 0 fully saturated rings. The number of benzene rings is 2. The van der Waals surface area contributed by atoms with Crippen LogP contribution in [-0.4, -0.2) is 79.7 Å². The van der Waals surface area contributed by atoms with Crippen molar-refractivity contribution in [3.05, 3.63) is 277 Å². The molecular formula is C78H64N16Os2S. The molecule has 0 spiro atoms. The summed E-state index contributed by atoms with van der Waals surface area (Å²) in [4.78, 5) is 72.0. The van der Waals surface area contributed by atoms with Crippen molar-refractivity contribution in [2.45, 2.75) is 55.4 Å². The van der Waals surface area contributed by atoms with Gasteiger partial charge in [-0.2, -0.15) is 0 Å². The van der Waals surface area contributed by atoms with Gasteiger partial charge in [0.15, 0.2) is 0 Å². The molecule has 15 heterocycles. The zero-order valence-corrected chi connectivity index (χ0v) is 60.2. The summed E-state index contributed by atoms with van der Waals surface area (Å²) in [5, 5.41) is 3.98. The fourth-order valence-corrected chi connectivity index (χ4v) is 11.8. The normalized spacial score (nSPS) is 10.7. The van der Waals surface area contributed by atoms with E-state index in [1.54, 1.807) is 36.1 Å². The maximum Gasteiger partial charge on any atom is 0.148 e. The van der Waals surface area contributed by atoms with E-state index in [0.29, 0.717) is 0 Å². The molecule has 478 valence electrons. The molecule has 0 aliphatic carbocycles. The molecule has 0 unspecified atom stereocenters. The third-order valence-electron chi connectivity index (χ3n) is 15.6. The zero-order chi connectivity index (χ0) is 65.4. The minimum atomic E-state index is 0. The molecule has 0 bridgehead atoms. The summed E-state index contributed by atoms with van der Waals surface area (Å²) in [6, 6.07) is 52.4. The molecule has 17 rings (SSSR count). The molecule has 97 heavy (non-hydrogen) atoms. The van der Waals surface area contributed by atoms with Gasteiger partial charge in [-0.15, -0.1) is 11.3 Å². The van der Waals surface area contributed by atoms with Gasteiger partial charge < -0.3 is 9.97 Å². The Morgan fingerprint density at radius 1 is 0.237 bits per heavy atom. The molecule has 0 saturated carbocycles. The van der Waals surface area contributed by atoms with Crippen LogP contribution in [0.5, 0.6) is 0 Å². The van der Waals surface area contributed by atoms with Gasteiger partial charge in [-0.3, -0.25) is 59.8 Å². The Kier molecular flexibility index (Phi) is 21.4. The van der Waals surface area contributed by atoms with E-state index in [1.165, 1.54) is 44.5 Å². The number of H-pyrrole nitrogens is 2. The van der Waals surface area contributed by atoms with E-state index < -0.39 is 0 Å². The van der Waals surface area contributed by atoms with Crippen molar-refractivity contribution in [3.8, 4) is 67.0 Å². The molecular weight excluding hydrogens is 1570 g/mol. The largest absolute Gasteiger partial charge is 0.337 e. The number of hydrogen-bond donors (Lipinski definition) is 2. The molecule has 16 nitrogen and oxygen atoms in total. The average molecular weight is 1640 g/mol. The molecule has 0 amide bonds. The Balaban J connectivity index is 0.000000137. The number of pyridine rings is 12. The Hall–Kier alpha value is -10.8. The number of nitrogens with zero attached hydrogens (tertiary/aromatic N) is 14. The second kappa shape index (κ2) is 30.7. The van der Waals surface area contributed by atoms with E-state index in [1.807, 2.05) is 171 Å². The topological polar surface area (TPSA) is 212 Å². The van der Waals surface area contributed by atoms with Crippen molar-refractivity contribution in [3.63, 3.8) is 0 Å². The fourth-order valence-electron chi connectivity index (χ4n) is 10.9. The molecule has 0 saturated heterocycles. The number of fused-ring (bicyclic) bond motifs is 12. The first kappa shape index (κ1) is 67.6. The fraction of sp³-hybridized carbons (Fsp3) is 0.103. The summed E-state index contributed by atoms with van der Waals surface area (Å²) in [6.45, 7) is 16.5. The van der Waals surface area contributed by atoms with Crippen molar-refractivity contribution in [2.75, 3.05) is 0 Å². The summed E-state index contributed by atoms with van der Waals surface area (Å²) in [5.41, 5.74) is 24.3. The molecule has 0 atom stereocenters. The number of hydrogen-bond acceptors (Lipinski definition) is 15. The molecule has 19 heteroatoms. The number of imidazole rings is 2. The number of nitrogens with one attached hydrogen (secondary N) is 2. The monoisotopic (exact) mass is 1640 g/mol. The van der Waals surface area contributed by atoms with Crippen LogP contribution < -0.4 is 0 Å². The Labute approximate surface area is 591 Å². The van der Waals surface area contributed by atoms with Crippen LogP contribution in [0.15, 0.2) is 232 Å². The minimum absolute atomic E-state index is 0. The second-order valence-corrected chi connectivity index (χ2v) is 24.2. The molecule has 0 radical (unpaired) electrons. The standard InChI is InChI=1S/C30H16N8S.4C12H12N2.2Os/c1-5-15-21(31-11-1)22-16(6-2-12-32-22)26-25(15)35-29(36-26)19-9-10-20(39-19)30-37-27-17-7-3-13-33-23(17)24-18(28(27)38-30)8-4-14-34-24;4*1-9-3-5-13-11(7-9)12-8-10(2)4-6-14-12;;/h1-14H,(H,35,36)(H,37,38);4*3-8H,1-2H3;;. The Morgan fingerprint density at radius 2 is 0.454 bits per heavy atom. The average Bonchev–Trinajstić information content (AvgIpc) is 1.66. The van der Waals surface area contributed by atoms with Gasteiger partial charge in [0, 0.05) is 135 Å². The van der Waals surface area contributed by atoms with E-state index >= 15 is 0 Å². The first-order valence-electron chi connectivity index (χ1n) is 30.9. The van der Waals surface area contributed by atoms with Gasteiger partial charge in [0.25, 0.3) is 0 Å². The zero-order valence-electron chi connectivity index (χ0n) is 54.3. The van der Waals surface area contributed by atoms with E-state index in [9.17, 15) is 0 Å². The quantitative estimate of drug-likeness (QED) is 0.148. The van der Waals surface area contributed by atoms with Crippen molar-refractivity contribution in [2.24, 2.45) is 0 Å². The van der Waals surface area contributed by atoms with Crippen LogP contribution in [0, 0.1) is 55.4 Å². The summed E-state index contributed by atoms with van der Waals surface area (Å²) in [5.74, 6) is 1.62. The third kappa shape index (κ3) is 15.6. The van der Waals surface area contributed by atoms with Gasteiger partial charge in [-0.1, -0.05) is 0 Å².